The molecule has 5 heteroatoms. The zero-order valence-electron chi connectivity index (χ0n) is 11.0. The van der Waals surface area contributed by atoms with E-state index in [1.54, 1.807) is 11.8 Å². The molecule has 0 heterocycles. The number of amidine groups is 1. The Labute approximate surface area is 127 Å². The van der Waals surface area contributed by atoms with Gasteiger partial charge in [-0.2, -0.15) is 0 Å². The number of benzene rings is 2. The molecule has 3 nitrogen and oxygen atoms in total. The minimum absolute atomic E-state index is 0.124. The first-order chi connectivity index (χ1) is 9.61. The van der Waals surface area contributed by atoms with Crippen LogP contribution < -0.4 is 5.73 Å². The Hall–Kier alpha value is -1.65. The molecule has 0 bridgehead atoms. The van der Waals surface area contributed by atoms with Crippen molar-refractivity contribution in [1.82, 2.24) is 0 Å². The van der Waals surface area contributed by atoms with Gasteiger partial charge in [-0.25, -0.2) is 0 Å². The highest BCUT2D eigenvalue weighted by Crippen LogP contribution is 2.30. The van der Waals surface area contributed by atoms with E-state index in [0.29, 0.717) is 0 Å². The van der Waals surface area contributed by atoms with Crippen molar-refractivity contribution in [3.63, 3.8) is 0 Å². The molecule has 0 spiro atoms. The van der Waals surface area contributed by atoms with Gasteiger partial charge in [0.25, 0.3) is 0 Å². The number of rotatable bonds is 4. The van der Waals surface area contributed by atoms with Crippen LogP contribution in [0.1, 0.15) is 16.7 Å². The zero-order valence-corrected chi connectivity index (χ0v) is 12.6. The van der Waals surface area contributed by atoms with E-state index < -0.39 is 0 Å². The number of nitrogens with two attached hydrogens (primary N) is 1. The Bertz CT molecular complexity index is 644. The lowest BCUT2D eigenvalue weighted by atomic mass is 10.1. The van der Waals surface area contributed by atoms with Gasteiger partial charge < -0.3 is 10.9 Å². The second-order valence-corrected chi connectivity index (χ2v) is 5.77. The van der Waals surface area contributed by atoms with Gasteiger partial charge in [-0.1, -0.05) is 41.0 Å². The summed E-state index contributed by atoms with van der Waals surface area (Å²) in [5.41, 5.74) is 8.60. The number of oxime groups is 1. The van der Waals surface area contributed by atoms with Crippen LogP contribution in [0.25, 0.3) is 0 Å². The molecule has 0 amide bonds. The largest absolute Gasteiger partial charge is 0.409 e. The molecule has 0 saturated carbocycles. The predicted molar refractivity (Wildman–Crippen MR) is 84.7 cm³/mol. The topological polar surface area (TPSA) is 58.6 Å². The van der Waals surface area contributed by atoms with Crippen LogP contribution in [0, 0.1) is 6.92 Å². The molecular weight excluding hydrogens is 292 g/mol. The molecule has 20 heavy (non-hydrogen) atoms. The summed E-state index contributed by atoms with van der Waals surface area (Å²) >= 11 is 7.83. The average Bonchev–Trinajstić information content (AvgIpc) is 2.46. The smallest absolute Gasteiger partial charge is 0.170 e. The van der Waals surface area contributed by atoms with E-state index in [-0.39, 0.29) is 5.84 Å². The van der Waals surface area contributed by atoms with Gasteiger partial charge in [0.05, 0.1) is 5.02 Å². The molecule has 2 aromatic carbocycles. The Morgan fingerprint density at radius 3 is 2.70 bits per heavy atom. The van der Waals surface area contributed by atoms with Crippen LogP contribution in [0.2, 0.25) is 5.02 Å². The van der Waals surface area contributed by atoms with Gasteiger partial charge in [0.1, 0.15) is 0 Å². The molecule has 0 unspecified atom stereocenters. The standard InChI is InChI=1S/C15H15ClN2OS/c1-10-8-11(15(17)18-19)6-7-12(10)9-20-14-5-3-2-4-13(14)16/h2-8,19H,9H2,1H3,(H2,17,18). The summed E-state index contributed by atoms with van der Waals surface area (Å²) < 4.78 is 0. The van der Waals surface area contributed by atoms with Gasteiger partial charge in [0.2, 0.25) is 0 Å². The molecule has 0 radical (unpaired) electrons. The van der Waals surface area contributed by atoms with E-state index in [4.69, 9.17) is 22.5 Å². The maximum absolute atomic E-state index is 8.68. The molecule has 0 atom stereocenters. The fraction of sp³-hybridized carbons (Fsp3) is 0.133. The summed E-state index contributed by atoms with van der Waals surface area (Å²) in [7, 11) is 0. The second-order valence-electron chi connectivity index (χ2n) is 4.35. The quantitative estimate of drug-likeness (QED) is 0.295. The van der Waals surface area contributed by atoms with Gasteiger partial charge >= 0.3 is 0 Å². The maximum Gasteiger partial charge on any atom is 0.170 e. The number of nitrogens with zero attached hydrogens (tertiary/aromatic N) is 1. The number of halogens is 1. The van der Waals surface area contributed by atoms with Crippen molar-refractivity contribution in [2.45, 2.75) is 17.6 Å². The van der Waals surface area contributed by atoms with Crippen molar-refractivity contribution in [2.24, 2.45) is 10.9 Å². The van der Waals surface area contributed by atoms with E-state index in [1.165, 1.54) is 5.56 Å². The highest BCUT2D eigenvalue weighted by Gasteiger charge is 2.05. The second kappa shape index (κ2) is 6.68. The van der Waals surface area contributed by atoms with Gasteiger partial charge in [0, 0.05) is 16.2 Å². The third-order valence-corrected chi connectivity index (χ3v) is 4.53. The number of hydrogen-bond acceptors (Lipinski definition) is 3. The summed E-state index contributed by atoms with van der Waals surface area (Å²) in [4.78, 5) is 1.06. The fourth-order valence-corrected chi connectivity index (χ4v) is 3.11. The molecule has 104 valence electrons. The molecule has 0 aromatic heterocycles. The van der Waals surface area contributed by atoms with E-state index in [0.717, 1.165) is 26.8 Å². The number of aryl methyl sites for hydroxylation is 1. The summed E-state index contributed by atoms with van der Waals surface area (Å²) in [5, 5.41) is 12.4. The van der Waals surface area contributed by atoms with Crippen molar-refractivity contribution >= 4 is 29.2 Å². The molecule has 0 aliphatic rings. The van der Waals surface area contributed by atoms with E-state index >= 15 is 0 Å². The minimum atomic E-state index is 0.124. The normalized spacial score (nSPS) is 11.6. The lowest BCUT2D eigenvalue weighted by Crippen LogP contribution is -2.13. The van der Waals surface area contributed by atoms with Crippen molar-refractivity contribution in [1.29, 1.82) is 0 Å². The summed E-state index contributed by atoms with van der Waals surface area (Å²) in [6.07, 6.45) is 0. The van der Waals surface area contributed by atoms with E-state index in [9.17, 15) is 0 Å². The highest BCUT2D eigenvalue weighted by molar-refractivity contribution is 7.98. The van der Waals surface area contributed by atoms with Crippen molar-refractivity contribution < 1.29 is 5.21 Å². The molecule has 3 N–H and O–H groups in total. The predicted octanol–water partition coefficient (Wildman–Crippen LogP) is 4.04. The number of hydrogen-bond donors (Lipinski definition) is 2. The van der Waals surface area contributed by atoms with Crippen LogP contribution >= 0.6 is 23.4 Å². The van der Waals surface area contributed by atoms with Gasteiger partial charge in [0.15, 0.2) is 5.84 Å². The fourth-order valence-electron chi connectivity index (χ4n) is 1.79. The zero-order chi connectivity index (χ0) is 14.5. The lowest BCUT2D eigenvalue weighted by Gasteiger charge is -2.08. The van der Waals surface area contributed by atoms with Crippen LogP contribution in [0.15, 0.2) is 52.5 Å². The van der Waals surface area contributed by atoms with Crippen LogP contribution in [0.4, 0.5) is 0 Å². The molecule has 0 saturated heterocycles. The third kappa shape index (κ3) is 3.46. The van der Waals surface area contributed by atoms with Gasteiger partial charge in [-0.05, 0) is 36.2 Å². The van der Waals surface area contributed by atoms with E-state index in [2.05, 4.69) is 5.16 Å². The molecule has 2 aromatic rings. The minimum Gasteiger partial charge on any atom is -0.409 e. The van der Waals surface area contributed by atoms with Crippen molar-refractivity contribution in [2.75, 3.05) is 0 Å². The lowest BCUT2D eigenvalue weighted by molar-refractivity contribution is 0.318. The molecule has 0 fully saturated rings. The highest BCUT2D eigenvalue weighted by atomic mass is 35.5. The summed E-state index contributed by atoms with van der Waals surface area (Å²) in [5.74, 6) is 0.949. The third-order valence-electron chi connectivity index (χ3n) is 2.97. The Kier molecular flexibility index (Phi) is 4.93. The van der Waals surface area contributed by atoms with Crippen molar-refractivity contribution in [3.05, 3.63) is 64.2 Å². The monoisotopic (exact) mass is 306 g/mol. The average molecular weight is 307 g/mol. The Morgan fingerprint density at radius 2 is 2.05 bits per heavy atom. The van der Waals surface area contributed by atoms with Gasteiger partial charge in [-0.15, -0.1) is 11.8 Å². The SMILES string of the molecule is Cc1cc(/C(N)=N/O)ccc1CSc1ccccc1Cl. The Morgan fingerprint density at radius 1 is 1.30 bits per heavy atom. The number of thioether (sulfide) groups is 1. The van der Waals surface area contributed by atoms with Crippen LogP contribution in [-0.2, 0) is 5.75 Å². The summed E-state index contributed by atoms with van der Waals surface area (Å²) in [6.45, 7) is 2.01. The van der Waals surface area contributed by atoms with Crippen molar-refractivity contribution in [3.8, 4) is 0 Å². The van der Waals surface area contributed by atoms with Crippen LogP contribution in [0.3, 0.4) is 0 Å². The van der Waals surface area contributed by atoms with Crippen LogP contribution in [0.5, 0.6) is 0 Å². The first-order valence-corrected chi connectivity index (χ1v) is 7.43. The summed E-state index contributed by atoms with van der Waals surface area (Å²) in [6, 6.07) is 13.5. The molecule has 2 rings (SSSR count). The van der Waals surface area contributed by atoms with E-state index in [1.807, 2.05) is 49.4 Å². The first-order valence-electron chi connectivity index (χ1n) is 6.06. The molecule has 0 aliphatic carbocycles. The Balaban J connectivity index is 2.13. The first kappa shape index (κ1) is 14.8. The molecule has 0 aliphatic heterocycles. The maximum atomic E-state index is 8.68. The molecular formula is C15H15ClN2OS. The van der Waals surface area contributed by atoms with Gasteiger partial charge in [-0.3, -0.25) is 0 Å². The van der Waals surface area contributed by atoms with Crippen LogP contribution in [-0.4, -0.2) is 11.0 Å².